The average Bonchev–Trinajstić information content (AvgIpc) is 2.02. The summed E-state index contributed by atoms with van der Waals surface area (Å²) in [7, 11) is 1.66. The Morgan fingerprint density at radius 3 is 2.42 bits per heavy atom. The van der Waals surface area contributed by atoms with Crippen LogP contribution in [-0.4, -0.2) is 32.5 Å². The van der Waals surface area contributed by atoms with Crippen molar-refractivity contribution in [1.29, 1.82) is 0 Å². The van der Waals surface area contributed by atoms with E-state index >= 15 is 0 Å². The van der Waals surface area contributed by atoms with Crippen LogP contribution < -0.4 is 0 Å². The number of methoxy groups -OCH3 is 1. The predicted molar refractivity (Wildman–Crippen MR) is 48.0 cm³/mol. The SMILES string of the molecule is C=COC(C)COC(C)COC. The first-order valence-corrected chi connectivity index (χ1v) is 4.07. The summed E-state index contributed by atoms with van der Waals surface area (Å²) in [5, 5.41) is 0. The quantitative estimate of drug-likeness (QED) is 0.548. The molecule has 0 amide bonds. The van der Waals surface area contributed by atoms with Crippen molar-refractivity contribution in [3.8, 4) is 0 Å². The van der Waals surface area contributed by atoms with Crippen molar-refractivity contribution < 1.29 is 14.2 Å². The second kappa shape index (κ2) is 7.13. The van der Waals surface area contributed by atoms with Crippen LogP contribution in [-0.2, 0) is 14.2 Å². The van der Waals surface area contributed by atoms with E-state index in [4.69, 9.17) is 14.2 Å². The van der Waals surface area contributed by atoms with E-state index in [0.717, 1.165) is 0 Å². The average molecular weight is 174 g/mol. The molecule has 3 heteroatoms. The lowest BCUT2D eigenvalue weighted by Crippen LogP contribution is -2.21. The molecule has 0 fully saturated rings. The van der Waals surface area contributed by atoms with E-state index in [-0.39, 0.29) is 12.2 Å². The van der Waals surface area contributed by atoms with E-state index in [0.29, 0.717) is 13.2 Å². The van der Waals surface area contributed by atoms with Gasteiger partial charge in [0.25, 0.3) is 0 Å². The first-order valence-electron chi connectivity index (χ1n) is 4.07. The fourth-order valence-electron chi connectivity index (χ4n) is 0.786. The lowest BCUT2D eigenvalue weighted by molar-refractivity contribution is -0.0302. The zero-order valence-electron chi connectivity index (χ0n) is 8.08. The molecule has 0 spiro atoms. The summed E-state index contributed by atoms with van der Waals surface area (Å²) in [6.45, 7) is 8.53. The molecular weight excluding hydrogens is 156 g/mol. The summed E-state index contributed by atoms with van der Waals surface area (Å²) in [4.78, 5) is 0. The van der Waals surface area contributed by atoms with Gasteiger partial charge in [-0.25, -0.2) is 0 Å². The van der Waals surface area contributed by atoms with Gasteiger partial charge in [0.15, 0.2) is 0 Å². The summed E-state index contributed by atoms with van der Waals surface area (Å²) < 4.78 is 15.4. The molecule has 0 bridgehead atoms. The topological polar surface area (TPSA) is 27.7 Å². The summed E-state index contributed by atoms with van der Waals surface area (Å²) >= 11 is 0. The molecule has 72 valence electrons. The molecule has 0 saturated heterocycles. The Bertz CT molecular complexity index is 114. The summed E-state index contributed by atoms with van der Waals surface area (Å²) in [5.41, 5.74) is 0. The number of hydrogen-bond acceptors (Lipinski definition) is 3. The van der Waals surface area contributed by atoms with Crippen LogP contribution in [0.25, 0.3) is 0 Å². The molecule has 2 unspecified atom stereocenters. The van der Waals surface area contributed by atoms with Gasteiger partial charge < -0.3 is 14.2 Å². The highest BCUT2D eigenvalue weighted by molar-refractivity contribution is 4.57. The molecule has 0 aliphatic heterocycles. The van der Waals surface area contributed by atoms with Crippen molar-refractivity contribution in [2.45, 2.75) is 26.1 Å². The Hall–Kier alpha value is -0.540. The molecule has 0 saturated carbocycles. The fourth-order valence-corrected chi connectivity index (χ4v) is 0.786. The van der Waals surface area contributed by atoms with Crippen LogP contribution in [0.1, 0.15) is 13.8 Å². The molecule has 0 N–H and O–H groups in total. The van der Waals surface area contributed by atoms with E-state index in [1.54, 1.807) is 7.11 Å². The van der Waals surface area contributed by atoms with Crippen LogP contribution in [0.15, 0.2) is 12.8 Å². The third-order valence-electron chi connectivity index (χ3n) is 1.35. The third-order valence-corrected chi connectivity index (χ3v) is 1.35. The Morgan fingerprint density at radius 1 is 1.25 bits per heavy atom. The number of rotatable bonds is 7. The fraction of sp³-hybridized carbons (Fsp3) is 0.778. The van der Waals surface area contributed by atoms with E-state index in [9.17, 15) is 0 Å². The zero-order chi connectivity index (χ0) is 9.40. The van der Waals surface area contributed by atoms with Crippen molar-refractivity contribution in [3.05, 3.63) is 12.8 Å². The minimum Gasteiger partial charge on any atom is -0.497 e. The summed E-state index contributed by atoms with van der Waals surface area (Å²) in [6, 6.07) is 0. The molecule has 0 aromatic heterocycles. The normalized spacial score (nSPS) is 15.2. The molecule has 12 heavy (non-hydrogen) atoms. The van der Waals surface area contributed by atoms with Gasteiger partial charge in [-0.3, -0.25) is 0 Å². The van der Waals surface area contributed by atoms with E-state index < -0.39 is 0 Å². The molecule has 0 radical (unpaired) electrons. The van der Waals surface area contributed by atoms with Crippen molar-refractivity contribution >= 4 is 0 Å². The standard InChI is InChI=1S/C9H18O3/c1-5-11-9(3)7-12-8(2)6-10-4/h5,8-9H,1,6-7H2,2-4H3. The van der Waals surface area contributed by atoms with Gasteiger partial charge >= 0.3 is 0 Å². The van der Waals surface area contributed by atoms with Gasteiger partial charge in [-0.1, -0.05) is 6.58 Å². The minimum absolute atomic E-state index is 0.0572. The molecule has 0 aromatic rings. The summed E-state index contributed by atoms with van der Waals surface area (Å²) in [5.74, 6) is 0. The maximum atomic E-state index is 5.40. The molecule has 0 aliphatic carbocycles. The van der Waals surface area contributed by atoms with Crippen molar-refractivity contribution in [2.75, 3.05) is 20.3 Å². The Kier molecular flexibility index (Phi) is 6.81. The highest BCUT2D eigenvalue weighted by atomic mass is 16.5. The largest absolute Gasteiger partial charge is 0.497 e. The minimum atomic E-state index is 0.0572. The highest BCUT2D eigenvalue weighted by Crippen LogP contribution is 1.96. The smallest absolute Gasteiger partial charge is 0.118 e. The predicted octanol–water partition coefficient (Wildman–Crippen LogP) is 1.59. The van der Waals surface area contributed by atoms with Gasteiger partial charge in [-0.2, -0.15) is 0 Å². The van der Waals surface area contributed by atoms with E-state index in [1.165, 1.54) is 6.26 Å². The van der Waals surface area contributed by atoms with E-state index in [1.807, 2.05) is 13.8 Å². The van der Waals surface area contributed by atoms with Gasteiger partial charge in [0.05, 0.1) is 25.6 Å². The molecule has 2 atom stereocenters. The van der Waals surface area contributed by atoms with Gasteiger partial charge in [0.2, 0.25) is 0 Å². The van der Waals surface area contributed by atoms with Crippen LogP contribution in [0, 0.1) is 0 Å². The maximum Gasteiger partial charge on any atom is 0.118 e. The molecular formula is C9H18O3. The highest BCUT2D eigenvalue weighted by Gasteiger charge is 2.05. The van der Waals surface area contributed by atoms with Crippen molar-refractivity contribution in [3.63, 3.8) is 0 Å². The zero-order valence-corrected chi connectivity index (χ0v) is 8.08. The third kappa shape index (κ3) is 6.19. The van der Waals surface area contributed by atoms with Crippen molar-refractivity contribution in [2.24, 2.45) is 0 Å². The molecule has 0 aromatic carbocycles. The Labute approximate surface area is 74.3 Å². The second-order valence-corrected chi connectivity index (χ2v) is 2.71. The monoisotopic (exact) mass is 174 g/mol. The lowest BCUT2D eigenvalue weighted by Gasteiger charge is -2.15. The molecule has 0 aliphatic rings. The van der Waals surface area contributed by atoms with Crippen LogP contribution in [0.4, 0.5) is 0 Å². The maximum absolute atomic E-state index is 5.40. The van der Waals surface area contributed by atoms with Crippen molar-refractivity contribution in [1.82, 2.24) is 0 Å². The van der Waals surface area contributed by atoms with Crippen LogP contribution in [0.3, 0.4) is 0 Å². The van der Waals surface area contributed by atoms with Gasteiger partial charge in [-0.05, 0) is 13.8 Å². The van der Waals surface area contributed by atoms with Crippen LogP contribution in [0.2, 0.25) is 0 Å². The first kappa shape index (κ1) is 11.5. The van der Waals surface area contributed by atoms with E-state index in [2.05, 4.69) is 6.58 Å². The van der Waals surface area contributed by atoms with Gasteiger partial charge in [0, 0.05) is 7.11 Å². The number of ether oxygens (including phenoxy) is 3. The van der Waals surface area contributed by atoms with Gasteiger partial charge in [-0.15, -0.1) is 0 Å². The summed E-state index contributed by atoms with van der Waals surface area (Å²) in [6.07, 6.45) is 1.60. The van der Waals surface area contributed by atoms with Crippen LogP contribution in [0.5, 0.6) is 0 Å². The molecule has 3 nitrogen and oxygen atoms in total. The second-order valence-electron chi connectivity index (χ2n) is 2.71. The Balaban J connectivity index is 3.32. The molecule has 0 heterocycles. The first-order chi connectivity index (χ1) is 5.70. The van der Waals surface area contributed by atoms with Gasteiger partial charge in [0.1, 0.15) is 6.10 Å². The number of hydrogen-bond donors (Lipinski definition) is 0. The lowest BCUT2D eigenvalue weighted by atomic mass is 10.4. The van der Waals surface area contributed by atoms with Crippen LogP contribution >= 0.6 is 0 Å². The Morgan fingerprint density at radius 2 is 1.92 bits per heavy atom. The molecule has 0 rings (SSSR count).